The molecule has 0 fully saturated rings. The van der Waals surface area contributed by atoms with E-state index in [0.29, 0.717) is 0 Å². The average Bonchev–Trinajstić information content (AvgIpc) is 1.68. The van der Waals surface area contributed by atoms with E-state index < -0.39 is 12.2 Å². The van der Waals surface area contributed by atoms with Gasteiger partial charge in [0.2, 0.25) is 6.23 Å². The molecule has 0 aromatic carbocycles. The Balaban J connectivity index is 0. The van der Waals surface area contributed by atoms with E-state index in [0.717, 1.165) is 6.29 Å². The van der Waals surface area contributed by atoms with Crippen LogP contribution in [0.2, 0.25) is 0 Å². The Labute approximate surface area is 52.1 Å². The van der Waals surface area contributed by atoms with E-state index in [1.165, 1.54) is 6.92 Å². The van der Waals surface area contributed by atoms with Gasteiger partial charge in [0.05, 0.1) is 0 Å². The first kappa shape index (κ1) is 10.9. The van der Waals surface area contributed by atoms with Gasteiger partial charge < -0.3 is 15.0 Å². The fourth-order valence-electron chi connectivity index (χ4n) is 0. The molecule has 0 heterocycles. The highest BCUT2D eigenvalue weighted by Gasteiger charge is 2.01. The molecule has 0 saturated carbocycles. The lowest BCUT2D eigenvalue weighted by atomic mass is 10.6. The van der Waals surface area contributed by atoms with Gasteiger partial charge >= 0.3 is 5.97 Å². The van der Waals surface area contributed by atoms with Gasteiger partial charge in [0.15, 0.2) is 0 Å². The maximum absolute atomic E-state index is 9.32. The Bertz CT molecular complexity index is 90.6. The number of carboxylic acid groups (broad SMARTS) is 1. The van der Waals surface area contributed by atoms with Crippen LogP contribution in [0.1, 0.15) is 6.92 Å². The molecule has 5 heteroatoms. The molecular formula is C4H9NO4. The molecular weight excluding hydrogens is 126 g/mol. The number of carbonyl (C=O) groups excluding carboxylic acids is 1. The molecule has 5 nitrogen and oxygen atoms in total. The summed E-state index contributed by atoms with van der Waals surface area (Å²) in [7, 11) is 0. The topological polar surface area (TPSA) is 101 Å². The number of aliphatic hydroxyl groups is 1. The third-order valence-electron chi connectivity index (χ3n) is 0.253. The number of aliphatic hydroxyl groups excluding tert-OH is 1. The minimum Gasteiger partial charge on any atom is -0.478 e. The molecule has 0 bridgehead atoms. The fourth-order valence-corrected chi connectivity index (χ4v) is 0. The van der Waals surface area contributed by atoms with Gasteiger partial charge in [-0.3, -0.25) is 5.73 Å². The largest absolute Gasteiger partial charge is 0.478 e. The Kier molecular flexibility index (Phi) is 8.58. The number of aliphatic carboxylic acids is 1. The molecule has 0 rings (SSSR count). The Morgan fingerprint density at radius 1 is 1.78 bits per heavy atom. The Morgan fingerprint density at radius 3 is 1.89 bits per heavy atom. The van der Waals surface area contributed by atoms with Crippen molar-refractivity contribution < 1.29 is 19.8 Å². The minimum atomic E-state index is -1.73. The van der Waals surface area contributed by atoms with Crippen LogP contribution in [-0.4, -0.2) is 28.7 Å². The van der Waals surface area contributed by atoms with Crippen LogP contribution in [0.3, 0.4) is 0 Å². The Morgan fingerprint density at radius 2 is 1.89 bits per heavy atom. The molecule has 9 heavy (non-hydrogen) atoms. The first-order valence-electron chi connectivity index (χ1n) is 2.12. The molecule has 0 amide bonds. The molecule has 1 atom stereocenters. The first-order chi connectivity index (χ1) is 4.06. The number of carbonyl (C=O) groups is 2. The number of carboxylic acids is 1. The van der Waals surface area contributed by atoms with Crippen LogP contribution < -0.4 is 5.73 Å². The van der Waals surface area contributed by atoms with Crippen molar-refractivity contribution in [1.29, 1.82) is 0 Å². The summed E-state index contributed by atoms with van der Waals surface area (Å²) in [6, 6.07) is 0. The molecule has 0 spiro atoms. The van der Waals surface area contributed by atoms with E-state index in [1.807, 2.05) is 0 Å². The van der Waals surface area contributed by atoms with Gasteiger partial charge in [-0.2, -0.15) is 0 Å². The number of aldehydes is 1. The average molecular weight is 135 g/mol. The summed E-state index contributed by atoms with van der Waals surface area (Å²) < 4.78 is 0. The molecule has 4 N–H and O–H groups in total. The number of hydrogen-bond donors (Lipinski definition) is 3. The van der Waals surface area contributed by atoms with Gasteiger partial charge in [-0.25, -0.2) is 4.79 Å². The second-order valence-corrected chi connectivity index (χ2v) is 1.02. The van der Waals surface area contributed by atoms with Crippen LogP contribution in [-0.2, 0) is 9.59 Å². The maximum atomic E-state index is 9.32. The standard InChI is InChI=1S/C2H5NO3.C2H4O/c3-1(4)2(5)6;1-2-3/h1,4H,3H2,(H,5,6);2H,1H3. The molecule has 1 unspecified atom stereocenters. The molecule has 54 valence electrons. The predicted octanol–water partition coefficient (Wildman–Crippen LogP) is -1.45. The van der Waals surface area contributed by atoms with E-state index in [4.69, 9.17) is 15.0 Å². The van der Waals surface area contributed by atoms with Crippen LogP contribution in [0.25, 0.3) is 0 Å². The summed E-state index contributed by atoms with van der Waals surface area (Å²) in [5, 5.41) is 15.4. The summed E-state index contributed by atoms with van der Waals surface area (Å²) in [6.07, 6.45) is -0.981. The number of rotatable bonds is 1. The SMILES string of the molecule is CC=O.NC(O)C(=O)O. The van der Waals surface area contributed by atoms with Crippen LogP contribution in [0.4, 0.5) is 0 Å². The fraction of sp³-hybridized carbons (Fsp3) is 0.500. The van der Waals surface area contributed by atoms with Crippen molar-refractivity contribution in [2.24, 2.45) is 5.73 Å². The van der Waals surface area contributed by atoms with Gasteiger partial charge in [-0.15, -0.1) is 0 Å². The van der Waals surface area contributed by atoms with Crippen LogP contribution in [0.5, 0.6) is 0 Å². The molecule has 0 aliphatic carbocycles. The van der Waals surface area contributed by atoms with Crippen molar-refractivity contribution in [2.75, 3.05) is 0 Å². The van der Waals surface area contributed by atoms with Gasteiger partial charge in [0.1, 0.15) is 6.29 Å². The number of hydrogen-bond acceptors (Lipinski definition) is 4. The highest BCUT2D eigenvalue weighted by molar-refractivity contribution is 5.70. The summed E-state index contributed by atoms with van der Waals surface area (Å²) >= 11 is 0. The van der Waals surface area contributed by atoms with Gasteiger partial charge in [-0.1, -0.05) is 0 Å². The van der Waals surface area contributed by atoms with Crippen molar-refractivity contribution in [2.45, 2.75) is 13.2 Å². The first-order valence-corrected chi connectivity index (χ1v) is 2.12. The summed E-state index contributed by atoms with van der Waals surface area (Å²) in [5.74, 6) is -1.41. The van der Waals surface area contributed by atoms with E-state index >= 15 is 0 Å². The third-order valence-corrected chi connectivity index (χ3v) is 0.253. The van der Waals surface area contributed by atoms with Crippen molar-refractivity contribution in [3.8, 4) is 0 Å². The van der Waals surface area contributed by atoms with E-state index in [-0.39, 0.29) is 0 Å². The molecule has 0 radical (unpaired) electrons. The summed E-state index contributed by atoms with van der Waals surface area (Å²) in [5.41, 5.74) is 4.39. The number of nitrogens with two attached hydrogens (primary N) is 1. The smallest absolute Gasteiger partial charge is 0.347 e. The zero-order valence-electron chi connectivity index (χ0n) is 4.94. The van der Waals surface area contributed by atoms with E-state index in [9.17, 15) is 4.79 Å². The Hall–Kier alpha value is -0.940. The summed E-state index contributed by atoms with van der Waals surface area (Å²) in [6.45, 7) is 1.44. The second-order valence-electron chi connectivity index (χ2n) is 1.02. The van der Waals surface area contributed by atoms with Crippen LogP contribution in [0, 0.1) is 0 Å². The monoisotopic (exact) mass is 135 g/mol. The van der Waals surface area contributed by atoms with Crippen molar-refractivity contribution in [3.05, 3.63) is 0 Å². The van der Waals surface area contributed by atoms with Crippen LogP contribution in [0.15, 0.2) is 0 Å². The molecule has 0 aliphatic rings. The lowest BCUT2D eigenvalue weighted by Gasteiger charge is -1.89. The van der Waals surface area contributed by atoms with E-state index in [1.54, 1.807) is 0 Å². The van der Waals surface area contributed by atoms with Gasteiger partial charge in [0, 0.05) is 0 Å². The molecule has 0 saturated heterocycles. The third kappa shape index (κ3) is 19.3. The predicted molar refractivity (Wildman–Crippen MR) is 29.6 cm³/mol. The normalized spacial score (nSPS) is 10.6. The molecule has 0 aromatic rings. The quantitative estimate of drug-likeness (QED) is 0.302. The van der Waals surface area contributed by atoms with E-state index in [2.05, 4.69) is 5.73 Å². The lowest BCUT2D eigenvalue weighted by molar-refractivity contribution is -0.146. The zero-order valence-corrected chi connectivity index (χ0v) is 4.94. The highest BCUT2D eigenvalue weighted by Crippen LogP contribution is 1.62. The van der Waals surface area contributed by atoms with Crippen molar-refractivity contribution in [3.63, 3.8) is 0 Å². The van der Waals surface area contributed by atoms with Gasteiger partial charge in [0.25, 0.3) is 0 Å². The maximum Gasteiger partial charge on any atom is 0.347 e. The minimum absolute atomic E-state index is 0.750. The van der Waals surface area contributed by atoms with Crippen LogP contribution >= 0.6 is 0 Å². The van der Waals surface area contributed by atoms with Gasteiger partial charge in [-0.05, 0) is 6.92 Å². The second kappa shape index (κ2) is 7.06. The molecule has 0 aromatic heterocycles. The lowest BCUT2D eigenvalue weighted by Crippen LogP contribution is -2.28. The highest BCUT2D eigenvalue weighted by atomic mass is 16.4. The summed E-state index contributed by atoms with van der Waals surface area (Å²) in [4.78, 5) is 18.1. The zero-order chi connectivity index (χ0) is 7.86. The van der Waals surface area contributed by atoms with Crippen molar-refractivity contribution >= 4 is 12.3 Å². The van der Waals surface area contributed by atoms with Crippen molar-refractivity contribution in [1.82, 2.24) is 0 Å². The molecule has 0 aliphatic heterocycles.